The van der Waals surface area contributed by atoms with Gasteiger partial charge in [0, 0.05) is 52.3 Å². The van der Waals surface area contributed by atoms with Crippen LogP contribution in [0.3, 0.4) is 0 Å². The van der Waals surface area contributed by atoms with Gasteiger partial charge in [-0.25, -0.2) is 0 Å². The maximum absolute atomic E-state index is 12.5. The standard InChI is InChI=1S/C20H32N4O3/c1-2-3-9-21-20(22-10-8-17-6-4-15-26-17)24-13-11-23(12-14-24)19(25)18-7-5-16-27-18/h4,6,15,18H,2-3,5,7-14,16H2,1H3,(H,21,22). The number of aliphatic imine (C=N–C) groups is 1. The number of rotatable bonds is 7. The third-order valence-electron chi connectivity index (χ3n) is 5.10. The van der Waals surface area contributed by atoms with Gasteiger partial charge in [-0.3, -0.25) is 9.79 Å². The number of nitrogens with one attached hydrogen (secondary N) is 1. The summed E-state index contributed by atoms with van der Waals surface area (Å²) >= 11 is 0. The molecule has 3 rings (SSSR count). The Hall–Kier alpha value is -2.02. The summed E-state index contributed by atoms with van der Waals surface area (Å²) in [6.45, 7) is 7.56. The topological polar surface area (TPSA) is 70.3 Å². The van der Waals surface area contributed by atoms with E-state index in [0.717, 1.165) is 83.1 Å². The molecule has 0 aromatic carbocycles. The van der Waals surface area contributed by atoms with E-state index in [1.54, 1.807) is 6.26 Å². The van der Waals surface area contributed by atoms with Crippen molar-refractivity contribution in [3.05, 3.63) is 24.2 Å². The minimum atomic E-state index is -0.222. The zero-order valence-electron chi connectivity index (χ0n) is 16.4. The Morgan fingerprint density at radius 3 is 2.78 bits per heavy atom. The fraction of sp³-hybridized carbons (Fsp3) is 0.700. The molecule has 2 aliphatic heterocycles. The average molecular weight is 377 g/mol. The van der Waals surface area contributed by atoms with E-state index in [4.69, 9.17) is 14.1 Å². The van der Waals surface area contributed by atoms with Gasteiger partial charge in [-0.1, -0.05) is 13.3 Å². The van der Waals surface area contributed by atoms with Crippen LogP contribution in [0.4, 0.5) is 0 Å². The summed E-state index contributed by atoms with van der Waals surface area (Å²) in [5, 5.41) is 3.47. The summed E-state index contributed by atoms with van der Waals surface area (Å²) in [5.74, 6) is 2.07. The van der Waals surface area contributed by atoms with Gasteiger partial charge in [0.2, 0.25) is 0 Å². The third kappa shape index (κ3) is 5.73. The van der Waals surface area contributed by atoms with E-state index >= 15 is 0 Å². The Bertz CT molecular complexity index is 588. The molecule has 1 aromatic rings. The molecule has 0 saturated carbocycles. The molecule has 0 aliphatic carbocycles. The maximum Gasteiger partial charge on any atom is 0.251 e. The van der Waals surface area contributed by atoms with Gasteiger partial charge < -0.3 is 24.3 Å². The summed E-state index contributed by atoms with van der Waals surface area (Å²) in [6, 6.07) is 3.90. The molecule has 2 fully saturated rings. The Kier molecular flexibility index (Phi) is 7.56. The van der Waals surface area contributed by atoms with Crippen LogP contribution < -0.4 is 5.32 Å². The Morgan fingerprint density at radius 1 is 1.30 bits per heavy atom. The highest BCUT2D eigenvalue weighted by atomic mass is 16.5. The zero-order valence-corrected chi connectivity index (χ0v) is 16.4. The van der Waals surface area contributed by atoms with Gasteiger partial charge in [0.25, 0.3) is 5.91 Å². The molecule has 1 amide bonds. The second-order valence-corrected chi connectivity index (χ2v) is 7.13. The van der Waals surface area contributed by atoms with Gasteiger partial charge in [0.05, 0.1) is 6.26 Å². The van der Waals surface area contributed by atoms with Crippen LogP contribution in [0.2, 0.25) is 0 Å². The van der Waals surface area contributed by atoms with Crippen LogP contribution in [0.1, 0.15) is 38.4 Å². The van der Waals surface area contributed by atoms with Crippen molar-refractivity contribution in [3.63, 3.8) is 0 Å². The third-order valence-corrected chi connectivity index (χ3v) is 5.10. The summed E-state index contributed by atoms with van der Waals surface area (Å²) in [7, 11) is 0. The molecular weight excluding hydrogens is 344 g/mol. The predicted octanol–water partition coefficient (Wildman–Crippen LogP) is 1.89. The molecule has 0 spiro atoms. The van der Waals surface area contributed by atoms with Gasteiger partial charge in [-0.05, 0) is 31.4 Å². The number of furan rings is 1. The van der Waals surface area contributed by atoms with Crippen LogP contribution >= 0.6 is 0 Å². The highest BCUT2D eigenvalue weighted by molar-refractivity contribution is 5.82. The minimum Gasteiger partial charge on any atom is -0.469 e. The van der Waals surface area contributed by atoms with Crippen LogP contribution in [0.5, 0.6) is 0 Å². The van der Waals surface area contributed by atoms with Crippen LogP contribution in [0.15, 0.2) is 27.8 Å². The van der Waals surface area contributed by atoms with Crippen molar-refractivity contribution in [1.29, 1.82) is 0 Å². The van der Waals surface area contributed by atoms with E-state index < -0.39 is 0 Å². The number of ether oxygens (including phenoxy) is 1. The number of unbranched alkanes of at least 4 members (excludes halogenated alkanes) is 1. The molecule has 3 heterocycles. The van der Waals surface area contributed by atoms with E-state index in [2.05, 4.69) is 17.1 Å². The van der Waals surface area contributed by atoms with Gasteiger partial charge >= 0.3 is 0 Å². The number of guanidine groups is 1. The Labute approximate surface area is 161 Å². The first-order chi connectivity index (χ1) is 13.3. The van der Waals surface area contributed by atoms with Crippen molar-refractivity contribution >= 4 is 11.9 Å². The summed E-state index contributed by atoms with van der Waals surface area (Å²) in [4.78, 5) is 21.5. The average Bonchev–Trinajstić information content (AvgIpc) is 3.41. The summed E-state index contributed by atoms with van der Waals surface area (Å²) < 4.78 is 10.9. The fourth-order valence-corrected chi connectivity index (χ4v) is 3.48. The SMILES string of the molecule is CCCCN=C(NCCc1ccco1)N1CCN(C(=O)C2CCCO2)CC1. The summed E-state index contributed by atoms with van der Waals surface area (Å²) in [6.07, 6.45) is 6.38. The van der Waals surface area contributed by atoms with Gasteiger partial charge in [0.1, 0.15) is 11.9 Å². The van der Waals surface area contributed by atoms with Crippen molar-refractivity contribution in [3.8, 4) is 0 Å². The number of carbonyl (C=O) groups is 1. The first-order valence-electron chi connectivity index (χ1n) is 10.2. The molecule has 2 aliphatic rings. The predicted molar refractivity (Wildman–Crippen MR) is 105 cm³/mol. The van der Waals surface area contributed by atoms with Crippen molar-refractivity contribution in [2.75, 3.05) is 45.9 Å². The quantitative estimate of drug-likeness (QED) is 0.447. The molecule has 7 heteroatoms. The second kappa shape index (κ2) is 10.3. The second-order valence-electron chi connectivity index (χ2n) is 7.13. The van der Waals surface area contributed by atoms with Crippen LogP contribution in [-0.4, -0.2) is 73.6 Å². The largest absolute Gasteiger partial charge is 0.469 e. The Morgan fingerprint density at radius 2 is 2.11 bits per heavy atom. The molecule has 27 heavy (non-hydrogen) atoms. The van der Waals surface area contributed by atoms with E-state index in [1.165, 1.54) is 0 Å². The number of nitrogens with zero attached hydrogens (tertiary/aromatic N) is 3. The number of hydrogen-bond acceptors (Lipinski definition) is 4. The zero-order chi connectivity index (χ0) is 18.9. The lowest BCUT2D eigenvalue weighted by molar-refractivity contribution is -0.142. The van der Waals surface area contributed by atoms with Gasteiger partial charge in [0.15, 0.2) is 5.96 Å². The molecule has 2 saturated heterocycles. The Balaban J connectivity index is 1.49. The lowest BCUT2D eigenvalue weighted by Gasteiger charge is -2.37. The van der Waals surface area contributed by atoms with Crippen molar-refractivity contribution in [1.82, 2.24) is 15.1 Å². The van der Waals surface area contributed by atoms with E-state index in [1.807, 2.05) is 17.0 Å². The molecule has 7 nitrogen and oxygen atoms in total. The number of carbonyl (C=O) groups excluding carboxylic acids is 1. The maximum atomic E-state index is 12.5. The lowest BCUT2D eigenvalue weighted by atomic mass is 10.2. The molecule has 1 aromatic heterocycles. The molecule has 0 radical (unpaired) electrons. The van der Waals surface area contributed by atoms with E-state index in [-0.39, 0.29) is 12.0 Å². The number of hydrogen-bond donors (Lipinski definition) is 1. The molecule has 1 unspecified atom stereocenters. The number of amides is 1. The summed E-state index contributed by atoms with van der Waals surface area (Å²) in [5.41, 5.74) is 0. The van der Waals surface area contributed by atoms with Crippen molar-refractivity contribution in [2.45, 2.75) is 45.1 Å². The van der Waals surface area contributed by atoms with Crippen LogP contribution in [0.25, 0.3) is 0 Å². The first-order valence-corrected chi connectivity index (χ1v) is 10.2. The molecule has 0 bridgehead atoms. The van der Waals surface area contributed by atoms with Crippen molar-refractivity contribution in [2.24, 2.45) is 4.99 Å². The van der Waals surface area contributed by atoms with Gasteiger partial charge in [-0.2, -0.15) is 0 Å². The highest BCUT2D eigenvalue weighted by Gasteiger charge is 2.30. The van der Waals surface area contributed by atoms with Crippen LogP contribution in [0, 0.1) is 0 Å². The monoisotopic (exact) mass is 376 g/mol. The fourth-order valence-electron chi connectivity index (χ4n) is 3.48. The normalized spacial score (nSPS) is 20.9. The molecule has 150 valence electrons. The van der Waals surface area contributed by atoms with Gasteiger partial charge in [-0.15, -0.1) is 0 Å². The number of piperazine rings is 1. The molecular formula is C20H32N4O3. The molecule has 1 N–H and O–H groups in total. The smallest absolute Gasteiger partial charge is 0.251 e. The minimum absolute atomic E-state index is 0.155. The first kappa shape index (κ1) is 19.7. The van der Waals surface area contributed by atoms with E-state index in [9.17, 15) is 4.79 Å². The highest BCUT2D eigenvalue weighted by Crippen LogP contribution is 2.16. The van der Waals surface area contributed by atoms with E-state index in [0.29, 0.717) is 6.61 Å². The lowest BCUT2D eigenvalue weighted by Crippen LogP contribution is -2.55. The molecule has 1 atom stereocenters. The van der Waals surface area contributed by atoms with Crippen LogP contribution in [-0.2, 0) is 16.0 Å². The van der Waals surface area contributed by atoms with Crippen molar-refractivity contribution < 1.29 is 13.9 Å².